The van der Waals surface area contributed by atoms with Gasteiger partial charge in [-0.1, -0.05) is 92.7 Å². The van der Waals surface area contributed by atoms with Crippen LogP contribution in [0.25, 0.3) is 11.1 Å². The minimum Gasteiger partial charge on any atom is -0.480 e. The molecule has 2 amide bonds. The zero-order chi connectivity index (χ0) is 29.7. The fourth-order valence-electron chi connectivity index (χ4n) is 6.14. The van der Waals surface area contributed by atoms with E-state index in [0.717, 1.165) is 34.4 Å². The average molecular weight is 570 g/mol. The summed E-state index contributed by atoms with van der Waals surface area (Å²) in [4.78, 5) is 41.1. The first-order chi connectivity index (χ1) is 20.3. The first-order valence-electron chi connectivity index (χ1n) is 14.7. The lowest BCUT2D eigenvalue weighted by atomic mass is 9.86. The van der Waals surface area contributed by atoms with Gasteiger partial charge in [0.25, 0.3) is 0 Å². The number of likely N-dealkylation sites (tertiary alicyclic amines) is 1. The molecule has 0 radical (unpaired) electrons. The van der Waals surface area contributed by atoms with Crippen molar-refractivity contribution in [2.24, 2.45) is 5.92 Å². The second kappa shape index (κ2) is 12.8. The van der Waals surface area contributed by atoms with Crippen LogP contribution in [0.1, 0.15) is 55.7 Å². The molecule has 3 aromatic carbocycles. The van der Waals surface area contributed by atoms with Crippen molar-refractivity contribution in [3.63, 3.8) is 0 Å². The number of nitrogens with zero attached hydrogens (tertiary/aromatic N) is 1. The Kier molecular flexibility index (Phi) is 8.92. The number of carboxylic acids is 1. The molecule has 0 saturated carbocycles. The molecule has 2 aliphatic rings. The molecule has 1 heterocycles. The summed E-state index contributed by atoms with van der Waals surface area (Å²) in [5.74, 6) is -1.57. The molecule has 0 aromatic heterocycles. The largest absolute Gasteiger partial charge is 0.480 e. The van der Waals surface area contributed by atoms with E-state index in [1.54, 1.807) is 0 Å². The van der Waals surface area contributed by atoms with Crippen LogP contribution in [0.5, 0.6) is 0 Å². The fraction of sp³-hybridized carbons (Fsp3) is 0.382. The van der Waals surface area contributed by atoms with Crippen LogP contribution in [0.15, 0.2) is 78.9 Å². The number of alkyl carbamates (subject to hydrolysis) is 1. The molecule has 8 heteroatoms. The Morgan fingerprint density at radius 3 is 2.05 bits per heavy atom. The van der Waals surface area contributed by atoms with Crippen LogP contribution in [-0.2, 0) is 20.9 Å². The van der Waals surface area contributed by atoms with E-state index in [4.69, 9.17) is 4.74 Å². The maximum Gasteiger partial charge on any atom is 0.407 e. The smallest absolute Gasteiger partial charge is 0.407 e. The van der Waals surface area contributed by atoms with Crippen molar-refractivity contribution >= 4 is 18.0 Å². The van der Waals surface area contributed by atoms with E-state index in [9.17, 15) is 19.5 Å². The molecule has 1 saturated heterocycles. The average Bonchev–Trinajstić information content (AvgIpc) is 3.30. The van der Waals surface area contributed by atoms with Gasteiger partial charge in [0.05, 0.1) is 0 Å². The number of hydrogen-bond acceptors (Lipinski definition) is 5. The van der Waals surface area contributed by atoms with Gasteiger partial charge in [-0.15, -0.1) is 0 Å². The molecular formula is C34H39N3O5. The van der Waals surface area contributed by atoms with E-state index in [2.05, 4.69) is 27.7 Å². The summed E-state index contributed by atoms with van der Waals surface area (Å²) in [7, 11) is 0. The number of amides is 2. The highest BCUT2D eigenvalue weighted by molar-refractivity contribution is 5.91. The van der Waals surface area contributed by atoms with Gasteiger partial charge in [0.1, 0.15) is 18.2 Å². The molecule has 8 nitrogen and oxygen atoms in total. The number of ether oxygens (including phenoxy) is 1. The summed E-state index contributed by atoms with van der Waals surface area (Å²) in [5.41, 5.74) is 4.24. The monoisotopic (exact) mass is 569 g/mol. The summed E-state index contributed by atoms with van der Waals surface area (Å²) in [6.07, 6.45) is 0.214. The van der Waals surface area contributed by atoms with E-state index >= 15 is 0 Å². The van der Waals surface area contributed by atoms with Gasteiger partial charge in [0.15, 0.2) is 0 Å². The molecule has 1 aliphatic carbocycles. The van der Waals surface area contributed by atoms with E-state index in [-0.39, 0.29) is 31.3 Å². The fourth-order valence-corrected chi connectivity index (χ4v) is 6.14. The SMILES string of the molecule is CC(C)CC(NC(=O)OCC1c2ccccc2-c2ccccc21)C(=O)NC1(C(=O)O)CCN(Cc2ccccc2)CC1. The number of aliphatic carboxylic acids is 1. The topological polar surface area (TPSA) is 108 Å². The van der Waals surface area contributed by atoms with Crippen LogP contribution in [0, 0.1) is 5.92 Å². The lowest BCUT2D eigenvalue weighted by Gasteiger charge is -2.40. The molecular weight excluding hydrogens is 530 g/mol. The predicted molar refractivity (Wildman–Crippen MR) is 161 cm³/mol. The summed E-state index contributed by atoms with van der Waals surface area (Å²) in [5, 5.41) is 15.7. The van der Waals surface area contributed by atoms with Crippen molar-refractivity contribution in [2.75, 3.05) is 19.7 Å². The molecule has 0 bridgehead atoms. The number of fused-ring (bicyclic) bond motifs is 3. The molecule has 1 unspecified atom stereocenters. The van der Waals surface area contributed by atoms with Crippen molar-refractivity contribution < 1.29 is 24.2 Å². The van der Waals surface area contributed by atoms with E-state index in [1.807, 2.05) is 80.6 Å². The Hall–Kier alpha value is -4.17. The minimum atomic E-state index is -1.39. The van der Waals surface area contributed by atoms with Gasteiger partial charge in [-0.3, -0.25) is 9.69 Å². The van der Waals surface area contributed by atoms with Gasteiger partial charge in [0.2, 0.25) is 5.91 Å². The highest BCUT2D eigenvalue weighted by atomic mass is 16.5. The summed E-state index contributed by atoms with van der Waals surface area (Å²) in [6.45, 7) is 5.84. The van der Waals surface area contributed by atoms with Gasteiger partial charge >= 0.3 is 12.1 Å². The van der Waals surface area contributed by atoms with E-state index in [0.29, 0.717) is 19.5 Å². The summed E-state index contributed by atoms with van der Waals surface area (Å²) < 4.78 is 5.68. The highest BCUT2D eigenvalue weighted by Crippen LogP contribution is 2.44. The Balaban J connectivity index is 1.21. The standard InChI is InChI=1S/C34H39N3O5/c1-23(2)20-30(31(38)36-34(32(39)40)16-18-37(19-17-34)21-24-10-4-3-5-11-24)35-33(41)42-22-29-27-14-8-6-12-25(27)26-13-7-9-15-28(26)29/h3-15,23,29-30H,16-22H2,1-2H3,(H,35,41)(H,36,38)(H,39,40). The Bertz CT molecular complexity index is 1370. The van der Waals surface area contributed by atoms with E-state index in [1.165, 1.54) is 0 Å². The quantitative estimate of drug-likeness (QED) is 0.311. The molecule has 3 N–H and O–H groups in total. The van der Waals surface area contributed by atoms with Crippen molar-refractivity contribution in [1.29, 1.82) is 0 Å². The number of nitrogens with one attached hydrogen (secondary N) is 2. The molecule has 220 valence electrons. The first kappa shape index (κ1) is 29.3. The van der Waals surface area contributed by atoms with Gasteiger partial charge in [-0.05, 0) is 53.0 Å². The van der Waals surface area contributed by atoms with Crippen LogP contribution < -0.4 is 10.6 Å². The van der Waals surface area contributed by atoms with Crippen LogP contribution in [0.2, 0.25) is 0 Å². The van der Waals surface area contributed by atoms with Crippen molar-refractivity contribution in [3.8, 4) is 11.1 Å². The lowest BCUT2D eigenvalue weighted by molar-refractivity contribution is -0.150. The predicted octanol–water partition coefficient (Wildman–Crippen LogP) is 5.18. The van der Waals surface area contributed by atoms with Gasteiger partial charge < -0.3 is 20.5 Å². The Labute approximate surface area is 247 Å². The van der Waals surface area contributed by atoms with Crippen molar-refractivity contribution in [2.45, 2.75) is 57.2 Å². The summed E-state index contributed by atoms with van der Waals surface area (Å²) in [6, 6.07) is 25.3. The number of rotatable bonds is 10. The zero-order valence-electron chi connectivity index (χ0n) is 24.2. The minimum absolute atomic E-state index is 0.0862. The Morgan fingerprint density at radius 2 is 1.48 bits per heavy atom. The second-order valence-corrected chi connectivity index (χ2v) is 11.8. The van der Waals surface area contributed by atoms with Gasteiger partial charge in [-0.25, -0.2) is 9.59 Å². The third kappa shape index (κ3) is 6.49. The third-order valence-corrected chi connectivity index (χ3v) is 8.39. The lowest BCUT2D eigenvalue weighted by Crippen LogP contribution is -2.63. The molecule has 1 atom stereocenters. The summed E-state index contributed by atoms with van der Waals surface area (Å²) >= 11 is 0. The van der Waals surface area contributed by atoms with E-state index < -0.39 is 29.6 Å². The molecule has 0 spiro atoms. The molecule has 3 aromatic rings. The number of piperidine rings is 1. The molecule has 42 heavy (non-hydrogen) atoms. The second-order valence-electron chi connectivity index (χ2n) is 11.8. The van der Waals surface area contributed by atoms with Gasteiger partial charge in [0, 0.05) is 25.6 Å². The zero-order valence-corrected chi connectivity index (χ0v) is 24.2. The number of carboxylic acid groups (broad SMARTS) is 1. The van der Waals surface area contributed by atoms with Crippen LogP contribution in [0.3, 0.4) is 0 Å². The van der Waals surface area contributed by atoms with Crippen molar-refractivity contribution in [1.82, 2.24) is 15.5 Å². The number of hydrogen-bond donors (Lipinski definition) is 3. The maximum absolute atomic E-state index is 13.5. The maximum atomic E-state index is 13.5. The number of carbonyl (C=O) groups is 3. The van der Waals surface area contributed by atoms with Gasteiger partial charge in [-0.2, -0.15) is 0 Å². The Morgan fingerprint density at radius 1 is 0.905 bits per heavy atom. The molecule has 1 aliphatic heterocycles. The normalized spacial score (nSPS) is 16.7. The number of carbonyl (C=O) groups excluding carboxylic acids is 2. The van der Waals surface area contributed by atoms with Crippen molar-refractivity contribution in [3.05, 3.63) is 95.6 Å². The molecule has 1 fully saturated rings. The van der Waals surface area contributed by atoms with Crippen LogP contribution in [0.4, 0.5) is 4.79 Å². The van der Waals surface area contributed by atoms with Crippen LogP contribution >= 0.6 is 0 Å². The molecule has 5 rings (SSSR count). The third-order valence-electron chi connectivity index (χ3n) is 8.39. The first-order valence-corrected chi connectivity index (χ1v) is 14.7. The number of benzene rings is 3. The van der Waals surface area contributed by atoms with Crippen LogP contribution in [-0.4, -0.2) is 59.3 Å². The highest BCUT2D eigenvalue weighted by Gasteiger charge is 2.44.